The van der Waals surface area contributed by atoms with Gasteiger partial charge in [-0.3, -0.25) is 4.79 Å². The van der Waals surface area contributed by atoms with E-state index < -0.39 is 0 Å². The van der Waals surface area contributed by atoms with E-state index in [1.807, 2.05) is 63.3 Å². The lowest BCUT2D eigenvalue weighted by Gasteiger charge is -2.08. The number of hydrogen-bond donors (Lipinski definition) is 0. The highest BCUT2D eigenvalue weighted by Gasteiger charge is 2.11. The minimum absolute atomic E-state index is 0.0730. The van der Waals surface area contributed by atoms with Gasteiger partial charge >= 0.3 is 0 Å². The lowest BCUT2D eigenvalue weighted by Crippen LogP contribution is -2.07. The third-order valence-electron chi connectivity index (χ3n) is 1.98. The summed E-state index contributed by atoms with van der Waals surface area (Å²) in [4.78, 5) is 13.2. The Hall–Kier alpha value is -1.09. The van der Waals surface area contributed by atoms with Crippen molar-refractivity contribution in [2.75, 3.05) is 21.1 Å². The van der Waals surface area contributed by atoms with Gasteiger partial charge in [-0.25, -0.2) is 0 Å². The summed E-state index contributed by atoms with van der Waals surface area (Å²) < 4.78 is 0. The molecule has 0 fully saturated rings. The molecule has 0 aromatic heterocycles. The smallest absolute Gasteiger partial charge is 0.131 e. The highest BCUT2D eigenvalue weighted by Crippen LogP contribution is 2.16. The molecule has 0 amide bonds. The van der Waals surface area contributed by atoms with Crippen LogP contribution in [0.2, 0.25) is 6.32 Å². The van der Waals surface area contributed by atoms with Gasteiger partial charge in [-0.1, -0.05) is 37.3 Å². The van der Waals surface area contributed by atoms with Gasteiger partial charge in [-0.05, 0) is 33.0 Å². The number of nitrogens with zero attached hydrogens (tertiary/aromatic N) is 1. The highest BCUT2D eigenvalue weighted by atomic mass is 16.1. The van der Waals surface area contributed by atoms with Gasteiger partial charge < -0.3 is 4.90 Å². The molecule has 0 saturated heterocycles. The molecule has 0 heterocycles. The van der Waals surface area contributed by atoms with Gasteiger partial charge in [0.1, 0.15) is 5.78 Å². The molecule has 86 valence electrons. The number of hydrogen-bond acceptors (Lipinski definition) is 2. The van der Waals surface area contributed by atoms with Crippen LogP contribution >= 0.6 is 0 Å². The van der Waals surface area contributed by atoms with Crippen molar-refractivity contribution in [1.82, 2.24) is 4.90 Å². The quantitative estimate of drug-likeness (QED) is 0.723. The van der Waals surface area contributed by atoms with Gasteiger partial charge in [0.25, 0.3) is 0 Å². The van der Waals surface area contributed by atoms with Crippen LogP contribution in [0.25, 0.3) is 0 Å². The summed E-state index contributed by atoms with van der Waals surface area (Å²) in [5, 5.41) is 0. The summed E-state index contributed by atoms with van der Waals surface area (Å²) in [6.45, 7) is 1.88. The molecule has 0 N–H and O–H groups in total. The third-order valence-corrected chi connectivity index (χ3v) is 1.98. The molecule has 1 rings (SSSR count). The van der Waals surface area contributed by atoms with Crippen LogP contribution in [-0.4, -0.2) is 39.7 Å². The molecule has 1 atom stereocenters. The zero-order valence-electron chi connectivity index (χ0n) is 10.6. The number of Topliss-reactive ketones (excluding diaryl/α,β-unsaturated/α-hetero) is 1. The first-order valence-corrected chi connectivity index (χ1v) is 5.37. The number of benzene rings is 1. The Kier molecular flexibility index (Phi) is 7.56. The van der Waals surface area contributed by atoms with Crippen molar-refractivity contribution in [3.8, 4) is 0 Å². The Bertz CT molecular complexity index is 295. The van der Waals surface area contributed by atoms with E-state index in [0.29, 0.717) is 0 Å². The van der Waals surface area contributed by atoms with Crippen LogP contribution in [0.1, 0.15) is 18.4 Å². The molecule has 0 aliphatic heterocycles. The first-order valence-electron chi connectivity index (χ1n) is 5.37. The van der Waals surface area contributed by atoms with E-state index in [1.54, 1.807) is 0 Å². The lowest BCUT2D eigenvalue weighted by atomic mass is 9.88. The SMILES string of the molecule is CN(C)C.[B]CC(=O)C(C)c1ccccc1. The first-order chi connectivity index (χ1) is 7.49. The van der Waals surface area contributed by atoms with E-state index >= 15 is 0 Å². The Morgan fingerprint density at radius 1 is 1.25 bits per heavy atom. The second-order valence-electron chi connectivity index (χ2n) is 4.14. The Morgan fingerprint density at radius 2 is 1.69 bits per heavy atom. The zero-order valence-corrected chi connectivity index (χ0v) is 10.6. The maximum Gasteiger partial charge on any atom is 0.131 e. The normalized spacial score (nSPS) is 11.6. The number of ketones is 1. The minimum Gasteiger partial charge on any atom is -0.312 e. The van der Waals surface area contributed by atoms with Crippen LogP contribution in [0.15, 0.2) is 30.3 Å². The van der Waals surface area contributed by atoms with Crippen LogP contribution in [0, 0.1) is 0 Å². The molecular weight excluding hydrogens is 197 g/mol. The van der Waals surface area contributed by atoms with Crippen molar-refractivity contribution in [2.24, 2.45) is 0 Å². The fraction of sp³-hybridized carbons (Fsp3) is 0.462. The third kappa shape index (κ3) is 6.41. The first kappa shape index (κ1) is 14.9. The fourth-order valence-corrected chi connectivity index (χ4v) is 1.10. The van der Waals surface area contributed by atoms with Crippen molar-refractivity contribution in [1.29, 1.82) is 0 Å². The average Bonchev–Trinajstić information content (AvgIpc) is 2.27. The molecule has 16 heavy (non-hydrogen) atoms. The summed E-state index contributed by atoms with van der Waals surface area (Å²) in [7, 11) is 11.3. The largest absolute Gasteiger partial charge is 0.312 e. The second-order valence-corrected chi connectivity index (χ2v) is 4.14. The van der Waals surface area contributed by atoms with E-state index in [2.05, 4.69) is 0 Å². The van der Waals surface area contributed by atoms with Crippen molar-refractivity contribution >= 4 is 13.6 Å². The molecule has 1 aromatic rings. The molecule has 2 nitrogen and oxygen atoms in total. The second kappa shape index (κ2) is 8.11. The molecule has 0 saturated carbocycles. The minimum atomic E-state index is -0.0730. The van der Waals surface area contributed by atoms with Gasteiger partial charge in [0.2, 0.25) is 0 Å². The standard InChI is InChI=1S/C10H11BO.C3H9N/c1-8(10(12)7-11)9-5-3-2-4-6-9;1-4(2)3/h2-6,8H,7H2,1H3;1-3H3. The van der Waals surface area contributed by atoms with Crippen LogP contribution < -0.4 is 0 Å². The fourth-order valence-electron chi connectivity index (χ4n) is 1.10. The Morgan fingerprint density at radius 3 is 2.06 bits per heavy atom. The Labute approximate surface area is 100 Å². The van der Waals surface area contributed by atoms with E-state index in [9.17, 15) is 4.79 Å². The zero-order chi connectivity index (χ0) is 12.6. The van der Waals surface area contributed by atoms with Gasteiger partial charge in [0.15, 0.2) is 0 Å². The average molecular weight is 217 g/mol. The predicted molar refractivity (Wildman–Crippen MR) is 70.0 cm³/mol. The summed E-state index contributed by atoms with van der Waals surface area (Å²) in [6.07, 6.45) is 0.121. The van der Waals surface area contributed by atoms with Gasteiger partial charge in [-0.2, -0.15) is 0 Å². The van der Waals surface area contributed by atoms with Crippen LogP contribution in [-0.2, 0) is 4.79 Å². The van der Waals surface area contributed by atoms with Crippen LogP contribution in [0.4, 0.5) is 0 Å². The summed E-state index contributed by atoms with van der Waals surface area (Å²) >= 11 is 0. The molecule has 1 aromatic carbocycles. The maximum atomic E-state index is 11.2. The number of carbonyl (C=O) groups excluding carboxylic acids is 1. The van der Waals surface area contributed by atoms with E-state index in [0.717, 1.165) is 5.56 Å². The molecule has 3 heteroatoms. The highest BCUT2D eigenvalue weighted by molar-refractivity contribution is 6.21. The molecule has 0 aliphatic carbocycles. The monoisotopic (exact) mass is 217 g/mol. The maximum absolute atomic E-state index is 11.2. The van der Waals surface area contributed by atoms with Gasteiger partial charge in [0, 0.05) is 5.92 Å². The molecule has 1 unspecified atom stereocenters. The van der Waals surface area contributed by atoms with E-state index in [-0.39, 0.29) is 18.0 Å². The van der Waals surface area contributed by atoms with E-state index in [4.69, 9.17) is 7.85 Å². The number of carbonyl (C=O) groups is 1. The van der Waals surface area contributed by atoms with Crippen molar-refractivity contribution < 1.29 is 4.79 Å². The van der Waals surface area contributed by atoms with Crippen molar-refractivity contribution in [3.63, 3.8) is 0 Å². The van der Waals surface area contributed by atoms with Crippen molar-refractivity contribution in [3.05, 3.63) is 35.9 Å². The molecule has 0 aliphatic rings. The topological polar surface area (TPSA) is 20.3 Å². The molecule has 0 spiro atoms. The molecule has 0 bridgehead atoms. The van der Waals surface area contributed by atoms with Crippen molar-refractivity contribution in [2.45, 2.75) is 19.2 Å². The summed E-state index contributed by atoms with van der Waals surface area (Å²) in [6, 6.07) is 9.67. The summed E-state index contributed by atoms with van der Waals surface area (Å²) in [5.74, 6) is 0.0115. The van der Waals surface area contributed by atoms with Gasteiger partial charge in [0.05, 0.1) is 7.85 Å². The lowest BCUT2D eigenvalue weighted by molar-refractivity contribution is -0.118. The van der Waals surface area contributed by atoms with Crippen LogP contribution in [0.3, 0.4) is 0 Å². The Balaban J connectivity index is 0.000000487. The van der Waals surface area contributed by atoms with Crippen LogP contribution in [0.5, 0.6) is 0 Å². The predicted octanol–water partition coefficient (Wildman–Crippen LogP) is 2.12. The van der Waals surface area contributed by atoms with E-state index in [1.165, 1.54) is 0 Å². The molecular formula is C13H20BNO. The molecule has 2 radical (unpaired) electrons. The number of rotatable bonds is 3. The van der Waals surface area contributed by atoms with Gasteiger partial charge in [-0.15, -0.1) is 0 Å². The summed E-state index contributed by atoms with van der Waals surface area (Å²) in [5.41, 5.74) is 1.04.